The predicted octanol–water partition coefficient (Wildman–Crippen LogP) is 3.36. The first kappa shape index (κ1) is 24.0. The zero-order valence-corrected chi connectivity index (χ0v) is 19.2. The number of nitriles is 1. The van der Waals surface area contributed by atoms with Gasteiger partial charge in [-0.3, -0.25) is 9.48 Å². The van der Waals surface area contributed by atoms with Crippen molar-refractivity contribution in [1.82, 2.24) is 19.6 Å². The summed E-state index contributed by atoms with van der Waals surface area (Å²) in [7, 11) is 3.18. The number of carbonyl (C=O) groups is 2. The Balaban J connectivity index is 1.64. The lowest BCUT2D eigenvalue weighted by Crippen LogP contribution is -2.40. The Bertz CT molecular complexity index is 1050. The molecule has 9 nitrogen and oxygen atoms in total. The van der Waals surface area contributed by atoms with Gasteiger partial charge in [0.05, 0.1) is 18.3 Å². The van der Waals surface area contributed by atoms with Gasteiger partial charge in [0.25, 0.3) is 5.91 Å². The van der Waals surface area contributed by atoms with Crippen LogP contribution in [0.2, 0.25) is 0 Å². The maximum atomic E-state index is 14.4. The summed E-state index contributed by atoms with van der Waals surface area (Å²) in [4.78, 5) is 27.1. The summed E-state index contributed by atoms with van der Waals surface area (Å²) < 4.78 is 26.9. The average molecular weight is 458 g/mol. The Kier molecular flexibility index (Phi) is 7.53. The van der Waals surface area contributed by atoms with Crippen molar-refractivity contribution >= 4 is 12.0 Å². The third-order valence-electron chi connectivity index (χ3n) is 5.35. The van der Waals surface area contributed by atoms with Crippen molar-refractivity contribution in [2.45, 2.75) is 45.4 Å². The van der Waals surface area contributed by atoms with E-state index in [0.29, 0.717) is 37.2 Å². The number of rotatable bonds is 6. The molecule has 3 rings (SSSR count). The van der Waals surface area contributed by atoms with E-state index in [2.05, 4.69) is 11.2 Å². The van der Waals surface area contributed by atoms with Gasteiger partial charge in [-0.2, -0.15) is 10.4 Å². The molecule has 1 aromatic carbocycles. The van der Waals surface area contributed by atoms with Gasteiger partial charge in [-0.1, -0.05) is 0 Å². The average Bonchev–Trinajstić information content (AvgIpc) is 3.20. The Labute approximate surface area is 192 Å². The number of halogens is 1. The summed E-state index contributed by atoms with van der Waals surface area (Å²) in [6, 6.07) is 6.14. The highest BCUT2D eigenvalue weighted by atomic mass is 19.1. The molecule has 176 valence electrons. The molecule has 0 saturated carbocycles. The van der Waals surface area contributed by atoms with Crippen LogP contribution in [0.1, 0.15) is 54.3 Å². The highest BCUT2D eigenvalue weighted by molar-refractivity contribution is 5.94. The summed E-state index contributed by atoms with van der Waals surface area (Å²) in [6.45, 7) is 4.59. The Morgan fingerprint density at radius 2 is 2.00 bits per heavy atom. The van der Waals surface area contributed by atoms with Gasteiger partial charge in [-0.05, 0) is 44.9 Å². The van der Waals surface area contributed by atoms with Gasteiger partial charge in [0.1, 0.15) is 18.4 Å². The zero-order chi connectivity index (χ0) is 24.1. The molecular formula is C23H28FN5O4. The molecule has 0 spiro atoms. The van der Waals surface area contributed by atoms with Gasteiger partial charge in [-0.25, -0.2) is 9.18 Å². The minimum Gasteiger partial charge on any atom is -0.486 e. The van der Waals surface area contributed by atoms with Crippen molar-refractivity contribution in [3.05, 3.63) is 47.0 Å². The topological polar surface area (TPSA) is 101 Å². The Morgan fingerprint density at radius 1 is 1.30 bits per heavy atom. The molecule has 0 atom stereocenters. The maximum absolute atomic E-state index is 14.4. The number of carbonyl (C=O) groups excluding carboxylic acids is 2. The molecule has 2 aromatic rings. The molecule has 0 radical (unpaired) electrons. The van der Waals surface area contributed by atoms with Gasteiger partial charge in [0, 0.05) is 38.3 Å². The first-order valence-corrected chi connectivity index (χ1v) is 10.8. The minimum atomic E-state index is -0.658. The van der Waals surface area contributed by atoms with Gasteiger partial charge in [0.15, 0.2) is 11.6 Å². The molecule has 2 heterocycles. The molecule has 0 aliphatic carbocycles. The van der Waals surface area contributed by atoms with Gasteiger partial charge >= 0.3 is 6.09 Å². The number of likely N-dealkylation sites (tertiary alicyclic amines) is 1. The number of piperidine rings is 1. The van der Waals surface area contributed by atoms with Gasteiger partial charge in [-0.15, -0.1) is 0 Å². The van der Waals surface area contributed by atoms with Crippen LogP contribution in [0.25, 0.3) is 0 Å². The third-order valence-corrected chi connectivity index (χ3v) is 5.35. The fourth-order valence-electron chi connectivity index (χ4n) is 3.64. The van der Waals surface area contributed by atoms with Crippen molar-refractivity contribution in [1.29, 1.82) is 5.26 Å². The van der Waals surface area contributed by atoms with Crippen LogP contribution in [-0.4, -0.2) is 64.9 Å². The monoisotopic (exact) mass is 457 g/mol. The number of benzene rings is 1. The standard InChI is InChI=1S/C23H28FN5O4/c1-15(2)33-23(31)28-9-7-18(8-10-28)29-20(12-25)17(13-26-29)14-32-21-6-5-16(11-19(21)24)22(30)27(3)4/h5-6,11,13,15,18H,7-10,14H2,1-4H3. The molecule has 1 aliphatic rings. The van der Waals surface area contributed by atoms with E-state index in [9.17, 15) is 19.2 Å². The van der Waals surface area contributed by atoms with Crippen LogP contribution >= 0.6 is 0 Å². The normalized spacial score (nSPS) is 14.2. The molecular weight excluding hydrogens is 429 g/mol. The van der Waals surface area contributed by atoms with E-state index in [1.165, 1.54) is 17.0 Å². The van der Waals surface area contributed by atoms with E-state index >= 15 is 0 Å². The fraction of sp³-hybridized carbons (Fsp3) is 0.478. The molecule has 0 N–H and O–H groups in total. The molecule has 0 unspecified atom stereocenters. The lowest BCUT2D eigenvalue weighted by Gasteiger charge is -2.32. The zero-order valence-electron chi connectivity index (χ0n) is 19.2. The quantitative estimate of drug-likeness (QED) is 0.659. The second-order valence-corrected chi connectivity index (χ2v) is 8.36. The minimum absolute atomic E-state index is 0.0149. The van der Waals surface area contributed by atoms with E-state index in [1.807, 2.05) is 0 Å². The van der Waals surface area contributed by atoms with Crippen molar-refractivity contribution < 1.29 is 23.5 Å². The van der Waals surface area contributed by atoms with Crippen LogP contribution in [-0.2, 0) is 11.3 Å². The highest BCUT2D eigenvalue weighted by Gasteiger charge is 2.28. The van der Waals surface area contributed by atoms with Crippen LogP contribution < -0.4 is 4.74 Å². The summed E-state index contributed by atoms with van der Waals surface area (Å²) in [5.41, 5.74) is 1.10. The molecule has 1 aromatic heterocycles. The van der Waals surface area contributed by atoms with E-state index in [0.717, 1.165) is 6.07 Å². The number of nitrogens with zero attached hydrogens (tertiary/aromatic N) is 5. The molecule has 10 heteroatoms. The van der Waals surface area contributed by atoms with Gasteiger partial charge in [0.2, 0.25) is 0 Å². The Morgan fingerprint density at radius 3 is 2.58 bits per heavy atom. The van der Waals surface area contributed by atoms with Crippen molar-refractivity contribution in [3.63, 3.8) is 0 Å². The smallest absolute Gasteiger partial charge is 0.410 e. The second-order valence-electron chi connectivity index (χ2n) is 8.36. The lowest BCUT2D eigenvalue weighted by molar-refractivity contribution is 0.0652. The Hall–Kier alpha value is -3.61. The second kappa shape index (κ2) is 10.3. The molecule has 0 bridgehead atoms. The molecule has 1 aliphatic heterocycles. The largest absolute Gasteiger partial charge is 0.486 e. The van der Waals surface area contributed by atoms with Crippen molar-refractivity contribution in [2.75, 3.05) is 27.2 Å². The van der Waals surface area contributed by atoms with E-state index in [-0.39, 0.29) is 42.1 Å². The van der Waals surface area contributed by atoms with E-state index in [1.54, 1.807) is 43.7 Å². The molecule has 2 amide bonds. The number of aromatic nitrogens is 2. The SMILES string of the molecule is CC(C)OC(=O)N1CCC(n2ncc(COc3ccc(C(=O)N(C)C)cc3F)c2C#N)CC1. The summed E-state index contributed by atoms with van der Waals surface area (Å²) in [5.74, 6) is -0.981. The number of hydrogen-bond donors (Lipinski definition) is 0. The maximum Gasteiger partial charge on any atom is 0.410 e. The number of hydrogen-bond acceptors (Lipinski definition) is 6. The summed E-state index contributed by atoms with van der Waals surface area (Å²) >= 11 is 0. The van der Waals surface area contributed by atoms with E-state index in [4.69, 9.17) is 9.47 Å². The third kappa shape index (κ3) is 5.61. The summed E-state index contributed by atoms with van der Waals surface area (Å²) in [6.07, 6.45) is 2.31. The highest BCUT2D eigenvalue weighted by Crippen LogP contribution is 2.26. The van der Waals surface area contributed by atoms with Crippen LogP contribution in [0.4, 0.5) is 9.18 Å². The summed E-state index contributed by atoms with van der Waals surface area (Å²) in [5, 5.41) is 14.0. The fourth-order valence-corrected chi connectivity index (χ4v) is 3.64. The number of ether oxygens (including phenoxy) is 2. The van der Waals surface area contributed by atoms with Crippen LogP contribution in [0.5, 0.6) is 5.75 Å². The lowest BCUT2D eigenvalue weighted by atomic mass is 10.1. The van der Waals surface area contributed by atoms with Gasteiger partial charge < -0.3 is 19.3 Å². The van der Waals surface area contributed by atoms with Crippen LogP contribution in [0.3, 0.4) is 0 Å². The first-order valence-electron chi connectivity index (χ1n) is 10.8. The predicted molar refractivity (Wildman–Crippen MR) is 117 cm³/mol. The molecule has 1 fully saturated rings. The van der Waals surface area contributed by atoms with Crippen LogP contribution in [0.15, 0.2) is 24.4 Å². The first-order chi connectivity index (χ1) is 15.7. The molecule has 1 saturated heterocycles. The van der Waals surface area contributed by atoms with E-state index < -0.39 is 5.82 Å². The van der Waals surface area contributed by atoms with Crippen LogP contribution in [0, 0.1) is 17.1 Å². The number of amides is 2. The molecule has 33 heavy (non-hydrogen) atoms. The van der Waals surface area contributed by atoms with Crippen molar-refractivity contribution in [2.24, 2.45) is 0 Å². The van der Waals surface area contributed by atoms with Crippen molar-refractivity contribution in [3.8, 4) is 11.8 Å².